The quantitative estimate of drug-likeness (QED) is 0.404. The van der Waals surface area contributed by atoms with Crippen molar-refractivity contribution in [2.75, 3.05) is 20.7 Å². The van der Waals surface area contributed by atoms with E-state index in [-0.39, 0.29) is 35.5 Å². The molecule has 0 amide bonds. The molecule has 7 nitrogen and oxygen atoms in total. The fourth-order valence-corrected chi connectivity index (χ4v) is 2.18. The van der Waals surface area contributed by atoms with Gasteiger partial charge in [0.1, 0.15) is 6.54 Å². The first-order valence-corrected chi connectivity index (χ1v) is 7.64. The van der Waals surface area contributed by atoms with E-state index < -0.39 is 0 Å². The molecule has 1 heterocycles. The molecular formula is C16H23FIN5O2. The first-order chi connectivity index (χ1) is 11.5. The lowest BCUT2D eigenvalue weighted by molar-refractivity contribution is 0.385. The largest absolute Gasteiger partial charge is 0.494 e. The van der Waals surface area contributed by atoms with Gasteiger partial charge in [-0.3, -0.25) is 0 Å². The highest BCUT2D eigenvalue weighted by atomic mass is 127. The number of aromatic nitrogens is 2. The molecule has 0 fully saturated rings. The van der Waals surface area contributed by atoms with Crippen molar-refractivity contribution in [1.29, 1.82) is 0 Å². The van der Waals surface area contributed by atoms with Crippen molar-refractivity contribution in [2.24, 2.45) is 4.99 Å². The molecule has 0 aliphatic heterocycles. The summed E-state index contributed by atoms with van der Waals surface area (Å²) >= 11 is 0. The summed E-state index contributed by atoms with van der Waals surface area (Å²) in [6, 6.07) is 4.90. The number of aryl methyl sites for hydroxylation is 1. The first kappa shape index (κ1) is 21.1. The summed E-state index contributed by atoms with van der Waals surface area (Å²) in [7, 11) is 3.32. The average molecular weight is 463 g/mol. The molecule has 2 aromatic rings. The van der Waals surface area contributed by atoms with Crippen molar-refractivity contribution in [3.8, 4) is 5.75 Å². The second kappa shape index (κ2) is 10.2. The fraction of sp³-hybridized carbons (Fsp3) is 0.438. The van der Waals surface area contributed by atoms with E-state index in [0.717, 1.165) is 5.56 Å². The Morgan fingerprint density at radius 2 is 2.20 bits per heavy atom. The highest BCUT2D eigenvalue weighted by molar-refractivity contribution is 14.0. The molecule has 0 aliphatic rings. The second-order valence-electron chi connectivity index (χ2n) is 5.22. The minimum absolute atomic E-state index is 0. The molecule has 0 radical (unpaired) electrons. The van der Waals surface area contributed by atoms with Gasteiger partial charge in [-0.2, -0.15) is 4.98 Å². The van der Waals surface area contributed by atoms with Crippen LogP contribution in [0.3, 0.4) is 0 Å². The van der Waals surface area contributed by atoms with Crippen molar-refractivity contribution in [3.05, 3.63) is 41.3 Å². The first-order valence-electron chi connectivity index (χ1n) is 7.64. The SMILES string of the molecule is CCNC(=NCc1noc(C)n1)N(C)Cc1ccc(OC)c(F)c1.I. The van der Waals surface area contributed by atoms with Gasteiger partial charge in [-0.05, 0) is 24.6 Å². The van der Waals surface area contributed by atoms with Crippen LogP contribution in [0, 0.1) is 12.7 Å². The molecular weight excluding hydrogens is 440 g/mol. The van der Waals surface area contributed by atoms with Crippen LogP contribution in [0.5, 0.6) is 5.75 Å². The highest BCUT2D eigenvalue weighted by Crippen LogP contribution is 2.18. The maximum Gasteiger partial charge on any atom is 0.223 e. The van der Waals surface area contributed by atoms with Gasteiger partial charge < -0.3 is 19.5 Å². The molecule has 25 heavy (non-hydrogen) atoms. The number of nitrogens with zero attached hydrogens (tertiary/aromatic N) is 4. The zero-order valence-electron chi connectivity index (χ0n) is 14.7. The van der Waals surface area contributed by atoms with Gasteiger partial charge in [0.25, 0.3) is 0 Å². The maximum absolute atomic E-state index is 13.8. The predicted molar refractivity (Wildman–Crippen MR) is 104 cm³/mol. The van der Waals surface area contributed by atoms with Crippen LogP contribution in [0.25, 0.3) is 0 Å². The van der Waals surface area contributed by atoms with Crippen LogP contribution in [0.1, 0.15) is 24.2 Å². The topological polar surface area (TPSA) is 75.8 Å². The van der Waals surface area contributed by atoms with Crippen LogP contribution in [0.2, 0.25) is 0 Å². The standard InChI is InChI=1S/C16H22FN5O2.HI/c1-5-18-16(19-9-15-20-11(2)24-21-15)22(3)10-12-6-7-14(23-4)13(17)8-12;/h6-8H,5,9-10H2,1-4H3,(H,18,19);1H. The van der Waals surface area contributed by atoms with Crippen molar-refractivity contribution in [1.82, 2.24) is 20.4 Å². The third kappa shape index (κ3) is 6.15. The van der Waals surface area contributed by atoms with E-state index in [0.29, 0.717) is 37.3 Å². The van der Waals surface area contributed by atoms with Crippen molar-refractivity contribution < 1.29 is 13.7 Å². The molecule has 0 bridgehead atoms. The summed E-state index contributed by atoms with van der Waals surface area (Å²) in [5, 5.41) is 7.01. The van der Waals surface area contributed by atoms with Crippen LogP contribution >= 0.6 is 24.0 Å². The lowest BCUT2D eigenvalue weighted by Crippen LogP contribution is -2.38. The van der Waals surface area contributed by atoms with Gasteiger partial charge >= 0.3 is 0 Å². The van der Waals surface area contributed by atoms with E-state index in [1.54, 1.807) is 13.0 Å². The molecule has 1 aromatic carbocycles. The minimum atomic E-state index is -0.382. The molecule has 9 heteroatoms. The van der Waals surface area contributed by atoms with E-state index in [4.69, 9.17) is 9.26 Å². The molecule has 0 aliphatic carbocycles. The number of aliphatic imine (C=N–C) groups is 1. The number of ether oxygens (including phenoxy) is 1. The number of guanidine groups is 1. The number of halogens is 2. The van der Waals surface area contributed by atoms with Crippen molar-refractivity contribution in [3.63, 3.8) is 0 Å². The van der Waals surface area contributed by atoms with Crippen molar-refractivity contribution in [2.45, 2.75) is 26.9 Å². The smallest absolute Gasteiger partial charge is 0.223 e. The van der Waals surface area contributed by atoms with Gasteiger partial charge in [0.15, 0.2) is 23.4 Å². The van der Waals surface area contributed by atoms with Gasteiger partial charge in [-0.1, -0.05) is 11.2 Å². The molecule has 1 aromatic heterocycles. The Morgan fingerprint density at radius 1 is 1.44 bits per heavy atom. The zero-order chi connectivity index (χ0) is 17.5. The predicted octanol–water partition coefficient (Wildman–Crippen LogP) is 2.74. The lowest BCUT2D eigenvalue weighted by atomic mass is 10.2. The summed E-state index contributed by atoms with van der Waals surface area (Å²) < 4.78 is 23.7. The Balaban J connectivity index is 0.00000312. The molecule has 0 atom stereocenters. The van der Waals surface area contributed by atoms with Gasteiger partial charge in [-0.15, -0.1) is 24.0 Å². The Labute approximate surface area is 163 Å². The molecule has 138 valence electrons. The monoisotopic (exact) mass is 463 g/mol. The van der Waals surface area contributed by atoms with Crippen LogP contribution in [-0.4, -0.2) is 41.7 Å². The summed E-state index contributed by atoms with van der Waals surface area (Å²) in [6.07, 6.45) is 0. The van der Waals surface area contributed by atoms with Gasteiger partial charge in [0.2, 0.25) is 5.89 Å². The van der Waals surface area contributed by atoms with E-state index in [9.17, 15) is 4.39 Å². The average Bonchev–Trinajstić information content (AvgIpc) is 2.97. The summed E-state index contributed by atoms with van der Waals surface area (Å²) in [6.45, 7) is 5.23. The molecule has 2 rings (SSSR count). The molecule has 0 spiro atoms. The minimum Gasteiger partial charge on any atom is -0.494 e. The molecule has 0 unspecified atom stereocenters. The van der Waals surface area contributed by atoms with Gasteiger partial charge in [0, 0.05) is 27.1 Å². The fourth-order valence-electron chi connectivity index (χ4n) is 2.18. The number of methoxy groups -OCH3 is 1. The number of rotatable bonds is 6. The number of benzene rings is 1. The summed E-state index contributed by atoms with van der Waals surface area (Å²) in [4.78, 5) is 10.5. The third-order valence-corrected chi connectivity index (χ3v) is 3.27. The highest BCUT2D eigenvalue weighted by Gasteiger charge is 2.10. The lowest BCUT2D eigenvalue weighted by Gasteiger charge is -2.22. The molecule has 0 saturated carbocycles. The summed E-state index contributed by atoms with van der Waals surface area (Å²) in [5.74, 6) is 1.55. The Morgan fingerprint density at radius 3 is 2.76 bits per heavy atom. The van der Waals surface area contributed by atoms with E-state index in [2.05, 4.69) is 20.4 Å². The third-order valence-electron chi connectivity index (χ3n) is 3.27. The number of hydrogen-bond acceptors (Lipinski definition) is 5. The van der Waals surface area contributed by atoms with Gasteiger partial charge in [-0.25, -0.2) is 9.38 Å². The molecule has 1 N–H and O–H groups in total. The number of nitrogens with one attached hydrogen (secondary N) is 1. The Kier molecular flexibility index (Phi) is 8.59. The van der Waals surface area contributed by atoms with E-state index in [1.807, 2.05) is 24.9 Å². The second-order valence-corrected chi connectivity index (χ2v) is 5.22. The normalized spacial score (nSPS) is 11.0. The van der Waals surface area contributed by atoms with Crippen LogP contribution in [0.15, 0.2) is 27.7 Å². The van der Waals surface area contributed by atoms with Crippen LogP contribution in [0.4, 0.5) is 4.39 Å². The van der Waals surface area contributed by atoms with Crippen LogP contribution in [-0.2, 0) is 13.1 Å². The zero-order valence-corrected chi connectivity index (χ0v) is 17.1. The number of hydrogen-bond donors (Lipinski definition) is 1. The van der Waals surface area contributed by atoms with E-state index >= 15 is 0 Å². The van der Waals surface area contributed by atoms with Crippen molar-refractivity contribution >= 4 is 29.9 Å². The summed E-state index contributed by atoms with van der Waals surface area (Å²) in [5.41, 5.74) is 0.816. The van der Waals surface area contributed by atoms with Gasteiger partial charge in [0.05, 0.1) is 7.11 Å². The Hall–Kier alpha value is -1.91. The molecule has 0 saturated heterocycles. The maximum atomic E-state index is 13.8. The van der Waals surface area contributed by atoms with Crippen LogP contribution < -0.4 is 10.1 Å². The Bertz CT molecular complexity index is 708. The van der Waals surface area contributed by atoms with E-state index in [1.165, 1.54) is 13.2 Å².